The van der Waals surface area contributed by atoms with E-state index in [2.05, 4.69) is 18.8 Å². The topological polar surface area (TPSA) is 30.5 Å². The Morgan fingerprint density at radius 2 is 2.00 bits per heavy atom. The number of methoxy groups -OCH3 is 2. The van der Waals surface area contributed by atoms with Crippen LogP contribution in [0.15, 0.2) is 30.9 Å². The Labute approximate surface area is 103 Å². The van der Waals surface area contributed by atoms with Crippen molar-refractivity contribution in [3.63, 3.8) is 0 Å². The molecule has 0 saturated carbocycles. The molecular formula is C14H21NO2. The highest BCUT2D eigenvalue weighted by atomic mass is 16.5. The molecule has 94 valence electrons. The van der Waals surface area contributed by atoms with Crippen molar-refractivity contribution in [3.8, 4) is 11.5 Å². The summed E-state index contributed by atoms with van der Waals surface area (Å²) in [6, 6.07) is 6.25. The lowest BCUT2D eigenvalue weighted by Crippen LogP contribution is -2.14. The summed E-state index contributed by atoms with van der Waals surface area (Å²) in [7, 11) is 3.28. The first kappa shape index (κ1) is 13.4. The molecule has 1 unspecified atom stereocenters. The zero-order valence-corrected chi connectivity index (χ0v) is 10.8. The average molecular weight is 235 g/mol. The summed E-state index contributed by atoms with van der Waals surface area (Å²) in [5.41, 5.74) is 1.04. The molecule has 0 bridgehead atoms. The molecule has 1 aromatic rings. The Morgan fingerprint density at radius 3 is 2.59 bits per heavy atom. The summed E-state index contributed by atoms with van der Waals surface area (Å²) in [6.45, 7) is 5.88. The summed E-state index contributed by atoms with van der Waals surface area (Å²) < 4.78 is 10.5. The Balaban J connectivity index is 2.68. The van der Waals surface area contributed by atoms with Crippen LogP contribution in [0, 0.1) is 0 Å². The van der Waals surface area contributed by atoms with Gasteiger partial charge in [-0.15, -0.1) is 6.58 Å². The molecule has 1 atom stereocenters. The van der Waals surface area contributed by atoms with Gasteiger partial charge in [-0.25, -0.2) is 0 Å². The fraction of sp³-hybridized carbons (Fsp3) is 0.429. The first-order valence-corrected chi connectivity index (χ1v) is 5.80. The van der Waals surface area contributed by atoms with Gasteiger partial charge in [0.15, 0.2) is 11.5 Å². The van der Waals surface area contributed by atoms with E-state index in [-0.39, 0.29) is 0 Å². The fourth-order valence-electron chi connectivity index (χ4n) is 1.65. The van der Waals surface area contributed by atoms with Gasteiger partial charge in [0, 0.05) is 17.8 Å². The number of allylic oxidation sites excluding steroid dienone is 1. The molecule has 1 N–H and O–H groups in total. The van der Waals surface area contributed by atoms with Crippen molar-refractivity contribution in [1.82, 2.24) is 0 Å². The van der Waals surface area contributed by atoms with Gasteiger partial charge in [0.1, 0.15) is 0 Å². The number of benzene rings is 1. The van der Waals surface area contributed by atoms with Crippen LogP contribution in [0.5, 0.6) is 11.5 Å². The molecule has 0 heterocycles. The predicted molar refractivity (Wildman–Crippen MR) is 72.1 cm³/mol. The smallest absolute Gasteiger partial charge is 0.162 e. The lowest BCUT2D eigenvalue weighted by atomic mass is 10.1. The third-order valence-corrected chi connectivity index (χ3v) is 2.60. The molecule has 0 radical (unpaired) electrons. The fourth-order valence-corrected chi connectivity index (χ4v) is 1.65. The van der Waals surface area contributed by atoms with E-state index in [1.54, 1.807) is 14.2 Å². The highest BCUT2D eigenvalue weighted by Crippen LogP contribution is 2.30. The van der Waals surface area contributed by atoms with Gasteiger partial charge >= 0.3 is 0 Å². The van der Waals surface area contributed by atoms with E-state index in [0.717, 1.165) is 30.0 Å². The second-order valence-electron chi connectivity index (χ2n) is 3.98. The molecule has 3 heteroatoms. The van der Waals surface area contributed by atoms with E-state index < -0.39 is 0 Å². The van der Waals surface area contributed by atoms with Crippen LogP contribution in [0.1, 0.15) is 19.8 Å². The van der Waals surface area contributed by atoms with E-state index >= 15 is 0 Å². The maximum absolute atomic E-state index is 5.26. The first-order chi connectivity index (χ1) is 8.21. The van der Waals surface area contributed by atoms with Crippen LogP contribution in [0.4, 0.5) is 5.69 Å². The van der Waals surface area contributed by atoms with Gasteiger partial charge in [0.2, 0.25) is 0 Å². The molecule has 0 amide bonds. The molecule has 0 aromatic heterocycles. The van der Waals surface area contributed by atoms with Crippen LogP contribution in [0.3, 0.4) is 0 Å². The SMILES string of the molecule is C=CCCC(C)Nc1ccc(OC)c(OC)c1. The van der Waals surface area contributed by atoms with Crippen LogP contribution in [-0.2, 0) is 0 Å². The van der Waals surface area contributed by atoms with Gasteiger partial charge < -0.3 is 14.8 Å². The van der Waals surface area contributed by atoms with Crippen molar-refractivity contribution in [3.05, 3.63) is 30.9 Å². The zero-order chi connectivity index (χ0) is 12.7. The van der Waals surface area contributed by atoms with Crippen molar-refractivity contribution in [2.24, 2.45) is 0 Å². The van der Waals surface area contributed by atoms with Crippen molar-refractivity contribution in [2.45, 2.75) is 25.8 Å². The molecule has 0 saturated heterocycles. The lowest BCUT2D eigenvalue weighted by Gasteiger charge is -2.16. The number of hydrogen-bond donors (Lipinski definition) is 1. The van der Waals surface area contributed by atoms with E-state index in [1.807, 2.05) is 24.3 Å². The van der Waals surface area contributed by atoms with E-state index in [0.29, 0.717) is 6.04 Å². The minimum atomic E-state index is 0.408. The van der Waals surface area contributed by atoms with Gasteiger partial charge in [-0.2, -0.15) is 0 Å². The molecule has 0 aliphatic heterocycles. The number of nitrogens with one attached hydrogen (secondary N) is 1. The second-order valence-corrected chi connectivity index (χ2v) is 3.98. The summed E-state index contributed by atoms with van der Waals surface area (Å²) in [5, 5.41) is 3.42. The van der Waals surface area contributed by atoms with Gasteiger partial charge in [-0.1, -0.05) is 6.08 Å². The molecule has 17 heavy (non-hydrogen) atoms. The van der Waals surface area contributed by atoms with Crippen LogP contribution in [0.2, 0.25) is 0 Å². The Kier molecular flexibility index (Phi) is 5.40. The number of rotatable bonds is 7. The minimum Gasteiger partial charge on any atom is -0.493 e. The molecule has 0 fully saturated rings. The number of ether oxygens (including phenoxy) is 2. The van der Waals surface area contributed by atoms with Crippen LogP contribution >= 0.6 is 0 Å². The van der Waals surface area contributed by atoms with Gasteiger partial charge in [0.25, 0.3) is 0 Å². The minimum absolute atomic E-state index is 0.408. The van der Waals surface area contributed by atoms with Crippen molar-refractivity contribution >= 4 is 5.69 Å². The monoisotopic (exact) mass is 235 g/mol. The third kappa shape index (κ3) is 4.02. The standard InChI is InChI=1S/C14H21NO2/c1-5-6-7-11(2)15-12-8-9-13(16-3)14(10-12)17-4/h5,8-11,15H,1,6-7H2,2-4H3. The molecule has 1 rings (SSSR count). The van der Waals surface area contributed by atoms with E-state index in [4.69, 9.17) is 9.47 Å². The predicted octanol–water partition coefficient (Wildman–Crippen LogP) is 3.47. The Hall–Kier alpha value is -1.64. The summed E-state index contributed by atoms with van der Waals surface area (Å²) >= 11 is 0. The number of hydrogen-bond acceptors (Lipinski definition) is 3. The average Bonchev–Trinajstić information content (AvgIpc) is 2.36. The first-order valence-electron chi connectivity index (χ1n) is 5.80. The molecule has 0 aliphatic rings. The van der Waals surface area contributed by atoms with E-state index in [1.165, 1.54) is 0 Å². The van der Waals surface area contributed by atoms with E-state index in [9.17, 15) is 0 Å². The highest BCUT2D eigenvalue weighted by molar-refractivity contribution is 5.55. The summed E-state index contributed by atoms with van der Waals surface area (Å²) in [4.78, 5) is 0. The molecule has 1 aromatic carbocycles. The van der Waals surface area contributed by atoms with Crippen molar-refractivity contribution in [1.29, 1.82) is 0 Å². The van der Waals surface area contributed by atoms with Gasteiger partial charge in [-0.3, -0.25) is 0 Å². The highest BCUT2D eigenvalue weighted by Gasteiger charge is 2.06. The summed E-state index contributed by atoms with van der Waals surface area (Å²) in [5.74, 6) is 1.49. The molecule has 3 nitrogen and oxygen atoms in total. The lowest BCUT2D eigenvalue weighted by molar-refractivity contribution is 0.355. The van der Waals surface area contributed by atoms with Crippen LogP contribution < -0.4 is 14.8 Å². The van der Waals surface area contributed by atoms with Crippen LogP contribution in [-0.4, -0.2) is 20.3 Å². The molecular weight excluding hydrogens is 214 g/mol. The Morgan fingerprint density at radius 1 is 1.29 bits per heavy atom. The molecule has 0 aliphatic carbocycles. The maximum Gasteiger partial charge on any atom is 0.162 e. The quantitative estimate of drug-likeness (QED) is 0.734. The molecule has 0 spiro atoms. The zero-order valence-electron chi connectivity index (χ0n) is 10.8. The third-order valence-electron chi connectivity index (χ3n) is 2.60. The Bertz CT molecular complexity index is 363. The summed E-state index contributed by atoms with van der Waals surface area (Å²) in [6.07, 6.45) is 4.02. The maximum atomic E-state index is 5.26. The number of anilines is 1. The van der Waals surface area contributed by atoms with Crippen molar-refractivity contribution < 1.29 is 9.47 Å². The second kappa shape index (κ2) is 6.84. The van der Waals surface area contributed by atoms with Gasteiger partial charge in [0.05, 0.1) is 14.2 Å². The largest absolute Gasteiger partial charge is 0.493 e. The normalized spacial score (nSPS) is 11.7. The van der Waals surface area contributed by atoms with Crippen molar-refractivity contribution in [2.75, 3.05) is 19.5 Å². The van der Waals surface area contributed by atoms with Gasteiger partial charge in [-0.05, 0) is 31.9 Å². The van der Waals surface area contributed by atoms with Crippen LogP contribution in [0.25, 0.3) is 0 Å².